The molecule has 0 atom stereocenters. The van der Waals surface area contributed by atoms with Gasteiger partial charge in [0.15, 0.2) is 17.2 Å². The number of fused-ring (bicyclic) bond motifs is 1. The molecule has 1 aromatic carbocycles. The fourth-order valence-corrected chi connectivity index (χ4v) is 2.56. The van der Waals surface area contributed by atoms with E-state index in [1.54, 1.807) is 11.0 Å². The molecule has 3 rings (SSSR count). The maximum atomic E-state index is 12.8. The van der Waals surface area contributed by atoms with Gasteiger partial charge in [-0.2, -0.15) is 13.9 Å². The van der Waals surface area contributed by atoms with Gasteiger partial charge in [-0.15, -0.1) is 12.4 Å². The van der Waals surface area contributed by atoms with E-state index >= 15 is 0 Å². The van der Waals surface area contributed by atoms with Crippen molar-refractivity contribution in [3.8, 4) is 11.5 Å². The lowest BCUT2D eigenvalue weighted by atomic mass is 10.2. The maximum absolute atomic E-state index is 12.8. The van der Waals surface area contributed by atoms with Gasteiger partial charge in [0.25, 0.3) is 5.91 Å². The molecule has 148 valence electrons. The molecule has 1 aliphatic heterocycles. The van der Waals surface area contributed by atoms with Crippen LogP contribution in [-0.2, 0) is 6.54 Å². The Morgan fingerprint density at radius 3 is 2.63 bits per heavy atom. The standard InChI is InChI=1S/C17H20F2N4O3.ClH/c1-21(2)7-8-22(16(24)13-5-6-23(20-13)17(18)19)10-12-3-4-14-15(9-12)26-11-25-14;/h3-6,9,17H,7-8,10-11H2,1-2H3;1H. The minimum absolute atomic E-state index is 0. The van der Waals surface area contributed by atoms with Crippen LogP contribution in [-0.4, -0.2) is 59.5 Å². The summed E-state index contributed by atoms with van der Waals surface area (Å²) in [6.45, 7) is -1.23. The maximum Gasteiger partial charge on any atom is 0.333 e. The van der Waals surface area contributed by atoms with Gasteiger partial charge >= 0.3 is 6.55 Å². The zero-order valence-corrected chi connectivity index (χ0v) is 15.8. The number of alkyl halides is 2. The van der Waals surface area contributed by atoms with Crippen molar-refractivity contribution in [2.24, 2.45) is 0 Å². The molecule has 0 radical (unpaired) electrons. The second-order valence-corrected chi connectivity index (χ2v) is 6.18. The van der Waals surface area contributed by atoms with Crippen LogP contribution in [0.25, 0.3) is 0 Å². The average molecular weight is 403 g/mol. The summed E-state index contributed by atoms with van der Waals surface area (Å²) in [6, 6.07) is 6.76. The number of rotatable bonds is 7. The first-order valence-corrected chi connectivity index (χ1v) is 8.10. The van der Waals surface area contributed by atoms with Crippen molar-refractivity contribution in [2.45, 2.75) is 13.1 Å². The molecule has 0 saturated carbocycles. The Kier molecular flexibility index (Phi) is 6.98. The second kappa shape index (κ2) is 9.01. The van der Waals surface area contributed by atoms with E-state index in [0.29, 0.717) is 35.8 Å². The molecular formula is C17H21ClF2N4O3. The molecule has 2 aromatic rings. The predicted molar refractivity (Wildman–Crippen MR) is 96.6 cm³/mol. The molecule has 27 heavy (non-hydrogen) atoms. The third-order valence-electron chi connectivity index (χ3n) is 3.94. The van der Waals surface area contributed by atoms with Crippen LogP contribution in [0.2, 0.25) is 0 Å². The lowest BCUT2D eigenvalue weighted by Gasteiger charge is -2.24. The van der Waals surface area contributed by atoms with E-state index in [1.807, 2.05) is 31.1 Å². The molecule has 1 aliphatic rings. The van der Waals surface area contributed by atoms with Gasteiger partial charge in [0, 0.05) is 25.8 Å². The van der Waals surface area contributed by atoms with E-state index in [0.717, 1.165) is 11.8 Å². The number of hydrogen-bond donors (Lipinski definition) is 0. The minimum atomic E-state index is -2.78. The summed E-state index contributed by atoms with van der Waals surface area (Å²) in [6.07, 6.45) is 1.10. The number of nitrogens with zero attached hydrogens (tertiary/aromatic N) is 4. The van der Waals surface area contributed by atoms with Crippen LogP contribution in [0, 0.1) is 0 Å². The summed E-state index contributed by atoms with van der Waals surface area (Å²) in [5, 5.41) is 3.67. The number of likely N-dealkylation sites (N-methyl/N-ethyl adjacent to an activating group) is 1. The van der Waals surface area contributed by atoms with Crippen molar-refractivity contribution in [2.75, 3.05) is 34.0 Å². The topological polar surface area (TPSA) is 59.8 Å². The summed E-state index contributed by atoms with van der Waals surface area (Å²) in [7, 11) is 3.80. The fraction of sp³-hybridized carbons (Fsp3) is 0.412. The summed E-state index contributed by atoms with van der Waals surface area (Å²) in [5.74, 6) is 0.893. The van der Waals surface area contributed by atoms with E-state index in [-0.39, 0.29) is 24.9 Å². The Labute approximate surface area is 161 Å². The Morgan fingerprint density at radius 1 is 1.22 bits per heavy atom. The number of carbonyl (C=O) groups excluding carboxylic acids is 1. The number of carbonyl (C=O) groups is 1. The van der Waals surface area contributed by atoms with E-state index in [1.165, 1.54) is 6.07 Å². The van der Waals surface area contributed by atoms with Crippen LogP contribution in [0.5, 0.6) is 11.5 Å². The van der Waals surface area contributed by atoms with Crippen LogP contribution >= 0.6 is 12.4 Å². The van der Waals surface area contributed by atoms with E-state index in [4.69, 9.17) is 9.47 Å². The van der Waals surface area contributed by atoms with Gasteiger partial charge in [-0.1, -0.05) is 6.07 Å². The SMILES string of the molecule is CN(C)CCN(Cc1ccc2c(c1)OCO2)C(=O)c1ccn(C(F)F)n1.Cl. The Hall–Kier alpha value is -2.39. The first kappa shape index (κ1) is 20.9. The van der Waals surface area contributed by atoms with Gasteiger partial charge in [-0.25, -0.2) is 4.68 Å². The van der Waals surface area contributed by atoms with E-state index in [9.17, 15) is 13.6 Å². The fourth-order valence-electron chi connectivity index (χ4n) is 2.56. The zero-order chi connectivity index (χ0) is 18.7. The van der Waals surface area contributed by atoms with Crippen LogP contribution in [0.1, 0.15) is 22.6 Å². The molecule has 0 fully saturated rings. The molecule has 0 spiro atoms. The van der Waals surface area contributed by atoms with Crippen LogP contribution in [0.15, 0.2) is 30.5 Å². The Bertz CT molecular complexity index is 785. The van der Waals surface area contributed by atoms with Crippen molar-refractivity contribution >= 4 is 18.3 Å². The molecule has 0 unspecified atom stereocenters. The molecule has 2 heterocycles. The average Bonchev–Trinajstić information content (AvgIpc) is 3.26. The lowest BCUT2D eigenvalue weighted by molar-refractivity contribution is 0.0549. The highest BCUT2D eigenvalue weighted by molar-refractivity contribution is 5.92. The number of amides is 1. The molecule has 0 N–H and O–H groups in total. The molecular weight excluding hydrogens is 382 g/mol. The number of halogens is 3. The predicted octanol–water partition coefficient (Wildman–Crippen LogP) is 2.63. The molecule has 7 nitrogen and oxygen atoms in total. The van der Waals surface area contributed by atoms with Crippen LogP contribution in [0.3, 0.4) is 0 Å². The smallest absolute Gasteiger partial charge is 0.333 e. The highest BCUT2D eigenvalue weighted by Gasteiger charge is 2.21. The zero-order valence-electron chi connectivity index (χ0n) is 15.0. The summed E-state index contributed by atoms with van der Waals surface area (Å²) in [4.78, 5) is 16.3. The van der Waals surface area contributed by atoms with Crippen molar-refractivity contribution in [1.29, 1.82) is 0 Å². The van der Waals surface area contributed by atoms with E-state index < -0.39 is 12.5 Å². The van der Waals surface area contributed by atoms with E-state index in [2.05, 4.69) is 5.10 Å². The molecule has 0 bridgehead atoms. The first-order chi connectivity index (χ1) is 12.4. The lowest BCUT2D eigenvalue weighted by Crippen LogP contribution is -2.36. The summed E-state index contributed by atoms with van der Waals surface area (Å²) in [5.41, 5.74) is 0.847. The molecule has 1 amide bonds. The van der Waals surface area contributed by atoms with Gasteiger partial charge in [0.1, 0.15) is 0 Å². The number of aromatic nitrogens is 2. The van der Waals surface area contributed by atoms with Gasteiger partial charge in [0.05, 0.1) is 0 Å². The van der Waals surface area contributed by atoms with Crippen molar-refractivity contribution in [3.05, 3.63) is 41.7 Å². The van der Waals surface area contributed by atoms with Gasteiger partial charge in [-0.05, 0) is 37.9 Å². The molecule has 10 heteroatoms. The van der Waals surface area contributed by atoms with Crippen molar-refractivity contribution in [3.63, 3.8) is 0 Å². The van der Waals surface area contributed by atoms with Crippen LogP contribution < -0.4 is 9.47 Å². The molecule has 1 aromatic heterocycles. The normalized spacial score (nSPS) is 12.4. The number of hydrogen-bond acceptors (Lipinski definition) is 5. The largest absolute Gasteiger partial charge is 0.454 e. The Balaban J connectivity index is 0.00000261. The monoisotopic (exact) mass is 402 g/mol. The summed E-state index contributed by atoms with van der Waals surface area (Å²) < 4.78 is 36.5. The van der Waals surface area contributed by atoms with Gasteiger partial charge in [0.2, 0.25) is 6.79 Å². The second-order valence-electron chi connectivity index (χ2n) is 6.18. The third-order valence-corrected chi connectivity index (χ3v) is 3.94. The van der Waals surface area contributed by atoms with Gasteiger partial charge in [-0.3, -0.25) is 4.79 Å². The van der Waals surface area contributed by atoms with Gasteiger partial charge < -0.3 is 19.3 Å². The van der Waals surface area contributed by atoms with Crippen molar-refractivity contribution in [1.82, 2.24) is 19.6 Å². The van der Waals surface area contributed by atoms with Crippen molar-refractivity contribution < 1.29 is 23.0 Å². The summed E-state index contributed by atoms with van der Waals surface area (Å²) >= 11 is 0. The minimum Gasteiger partial charge on any atom is -0.454 e. The third kappa shape index (κ3) is 5.08. The van der Waals surface area contributed by atoms with Crippen LogP contribution in [0.4, 0.5) is 8.78 Å². The number of benzene rings is 1. The first-order valence-electron chi connectivity index (χ1n) is 8.10. The highest BCUT2D eigenvalue weighted by Crippen LogP contribution is 2.32. The number of ether oxygens (including phenoxy) is 2. The molecule has 0 aliphatic carbocycles. The molecule has 0 saturated heterocycles. The Morgan fingerprint density at radius 2 is 1.96 bits per heavy atom. The quantitative estimate of drug-likeness (QED) is 0.712. The highest BCUT2D eigenvalue weighted by atomic mass is 35.5.